The fourth-order valence-corrected chi connectivity index (χ4v) is 4.15. The lowest BCUT2D eigenvalue weighted by molar-refractivity contribution is -0.143. The highest BCUT2D eigenvalue weighted by molar-refractivity contribution is 6.30. The van der Waals surface area contributed by atoms with Crippen LogP contribution in [0.3, 0.4) is 0 Å². The molecule has 0 aromatic heterocycles. The molecular weight excluding hydrogens is 430 g/mol. The van der Waals surface area contributed by atoms with Crippen molar-refractivity contribution in [3.8, 4) is 11.5 Å². The van der Waals surface area contributed by atoms with E-state index >= 15 is 0 Å². The summed E-state index contributed by atoms with van der Waals surface area (Å²) in [5, 5.41) is 0. The van der Waals surface area contributed by atoms with Crippen LogP contribution in [0.15, 0.2) is 115 Å². The summed E-state index contributed by atoms with van der Waals surface area (Å²) in [4.78, 5) is 42.0. The summed E-state index contributed by atoms with van der Waals surface area (Å²) >= 11 is 0. The number of esters is 1. The molecule has 34 heavy (non-hydrogen) atoms. The van der Waals surface area contributed by atoms with Gasteiger partial charge in [0.15, 0.2) is 5.41 Å². The SMILES string of the molecule is O=C(Oc1ccccc1)N1C(=O)C(C(=O)Oc2ccccc2)(c2ccccc2)c2ccccc21. The largest absolute Gasteiger partial charge is 0.426 e. The lowest BCUT2D eigenvalue weighted by Crippen LogP contribution is -2.51. The first-order valence-electron chi connectivity index (χ1n) is 10.7. The Bertz CT molecular complexity index is 1360. The van der Waals surface area contributed by atoms with Gasteiger partial charge in [-0.25, -0.2) is 14.5 Å². The summed E-state index contributed by atoms with van der Waals surface area (Å²) in [5.74, 6) is -1.00. The minimum absolute atomic E-state index is 0.266. The number of amides is 2. The standard InChI is InChI=1S/C28H19NO5/c30-25-28(20-12-4-1-5-13-20,26(31)33-21-14-6-2-7-15-21)23-18-10-11-19-24(23)29(25)27(32)34-22-16-8-3-9-17-22/h1-19H. The van der Waals surface area contributed by atoms with Crippen LogP contribution in [0.25, 0.3) is 0 Å². The quantitative estimate of drug-likeness (QED) is 0.246. The zero-order valence-corrected chi connectivity index (χ0v) is 18.0. The molecule has 0 bridgehead atoms. The van der Waals surface area contributed by atoms with E-state index in [0.717, 1.165) is 4.90 Å². The molecule has 0 saturated carbocycles. The Balaban J connectivity index is 1.65. The number of para-hydroxylation sites is 3. The van der Waals surface area contributed by atoms with Gasteiger partial charge in [0.1, 0.15) is 11.5 Å². The summed E-state index contributed by atoms with van der Waals surface area (Å²) in [6.45, 7) is 0. The zero-order chi connectivity index (χ0) is 23.5. The van der Waals surface area contributed by atoms with Gasteiger partial charge < -0.3 is 9.47 Å². The van der Waals surface area contributed by atoms with E-state index in [4.69, 9.17) is 9.47 Å². The highest BCUT2D eigenvalue weighted by Gasteiger charge is 2.61. The van der Waals surface area contributed by atoms with Gasteiger partial charge >= 0.3 is 12.1 Å². The van der Waals surface area contributed by atoms with Crippen molar-refractivity contribution < 1.29 is 23.9 Å². The van der Waals surface area contributed by atoms with Crippen LogP contribution in [0.2, 0.25) is 0 Å². The molecule has 2 amide bonds. The first kappa shape index (κ1) is 21.2. The van der Waals surface area contributed by atoms with E-state index in [1.165, 1.54) is 0 Å². The summed E-state index contributed by atoms with van der Waals surface area (Å²) in [6, 6.07) is 32.2. The molecule has 0 N–H and O–H groups in total. The van der Waals surface area contributed by atoms with Gasteiger partial charge in [-0.15, -0.1) is 0 Å². The second-order valence-electron chi connectivity index (χ2n) is 7.66. The van der Waals surface area contributed by atoms with E-state index in [1.54, 1.807) is 115 Å². The Morgan fingerprint density at radius 1 is 0.618 bits per heavy atom. The fraction of sp³-hybridized carbons (Fsp3) is 0.0357. The molecule has 0 spiro atoms. The van der Waals surface area contributed by atoms with Crippen LogP contribution in [0.4, 0.5) is 10.5 Å². The van der Waals surface area contributed by atoms with Gasteiger partial charge in [-0.2, -0.15) is 0 Å². The van der Waals surface area contributed by atoms with Crippen molar-refractivity contribution in [2.75, 3.05) is 4.90 Å². The van der Waals surface area contributed by atoms with Gasteiger partial charge in [-0.1, -0.05) is 84.9 Å². The Hall–Kier alpha value is -4.71. The van der Waals surface area contributed by atoms with E-state index < -0.39 is 23.4 Å². The molecule has 1 aliphatic rings. The maximum Gasteiger partial charge on any atom is 0.426 e. The Morgan fingerprint density at radius 2 is 1.12 bits per heavy atom. The number of rotatable bonds is 4. The third-order valence-corrected chi connectivity index (χ3v) is 5.67. The minimum Gasteiger partial charge on any atom is -0.425 e. The lowest BCUT2D eigenvalue weighted by Gasteiger charge is -2.26. The van der Waals surface area contributed by atoms with Crippen LogP contribution in [0.5, 0.6) is 11.5 Å². The fourth-order valence-electron chi connectivity index (χ4n) is 4.15. The third-order valence-electron chi connectivity index (χ3n) is 5.67. The number of hydrogen-bond donors (Lipinski definition) is 0. The summed E-state index contributed by atoms with van der Waals surface area (Å²) in [7, 11) is 0. The molecule has 4 aromatic rings. The van der Waals surface area contributed by atoms with Gasteiger partial charge in [0, 0.05) is 5.56 Å². The molecule has 1 atom stereocenters. The second-order valence-corrected chi connectivity index (χ2v) is 7.66. The molecule has 0 radical (unpaired) electrons. The number of carbonyl (C=O) groups is 3. The van der Waals surface area contributed by atoms with Crippen molar-refractivity contribution in [3.63, 3.8) is 0 Å². The van der Waals surface area contributed by atoms with E-state index in [2.05, 4.69) is 0 Å². The van der Waals surface area contributed by atoms with Crippen molar-refractivity contribution in [2.24, 2.45) is 0 Å². The monoisotopic (exact) mass is 449 g/mol. The molecule has 4 aromatic carbocycles. The summed E-state index contributed by atoms with van der Waals surface area (Å²) < 4.78 is 11.2. The highest BCUT2D eigenvalue weighted by Crippen LogP contribution is 2.47. The maximum absolute atomic E-state index is 14.1. The van der Waals surface area contributed by atoms with Crippen LogP contribution in [0, 0.1) is 0 Å². The number of ether oxygens (including phenoxy) is 2. The van der Waals surface area contributed by atoms with Crippen LogP contribution < -0.4 is 14.4 Å². The number of hydrogen-bond acceptors (Lipinski definition) is 5. The molecular formula is C28H19NO5. The Morgan fingerprint density at radius 3 is 1.74 bits per heavy atom. The number of carbonyl (C=O) groups excluding carboxylic acids is 3. The predicted molar refractivity (Wildman–Crippen MR) is 126 cm³/mol. The molecule has 1 aliphatic heterocycles. The van der Waals surface area contributed by atoms with Crippen molar-refractivity contribution in [3.05, 3.63) is 126 Å². The number of benzene rings is 4. The van der Waals surface area contributed by atoms with Crippen molar-refractivity contribution in [1.82, 2.24) is 0 Å². The van der Waals surface area contributed by atoms with Crippen LogP contribution in [0.1, 0.15) is 11.1 Å². The van der Waals surface area contributed by atoms with Gasteiger partial charge in [0.2, 0.25) is 0 Å². The maximum atomic E-state index is 14.1. The van der Waals surface area contributed by atoms with Crippen LogP contribution >= 0.6 is 0 Å². The molecule has 0 fully saturated rings. The van der Waals surface area contributed by atoms with Crippen molar-refractivity contribution >= 4 is 23.7 Å². The van der Waals surface area contributed by atoms with Crippen molar-refractivity contribution in [2.45, 2.75) is 5.41 Å². The zero-order valence-electron chi connectivity index (χ0n) is 18.0. The minimum atomic E-state index is -1.89. The molecule has 0 aliphatic carbocycles. The van der Waals surface area contributed by atoms with E-state index in [-0.39, 0.29) is 11.4 Å². The molecule has 1 heterocycles. The van der Waals surface area contributed by atoms with Gasteiger partial charge in [-0.3, -0.25) is 4.79 Å². The molecule has 5 rings (SSSR count). The normalized spacial score (nSPS) is 16.6. The van der Waals surface area contributed by atoms with Crippen LogP contribution in [-0.2, 0) is 15.0 Å². The Kier molecular flexibility index (Phi) is 5.40. The first-order chi connectivity index (χ1) is 16.6. The predicted octanol–water partition coefficient (Wildman–Crippen LogP) is 5.12. The smallest absolute Gasteiger partial charge is 0.425 e. The van der Waals surface area contributed by atoms with Gasteiger partial charge in [0.25, 0.3) is 5.91 Å². The number of imide groups is 1. The average molecular weight is 449 g/mol. The number of anilines is 1. The van der Waals surface area contributed by atoms with Gasteiger partial charge in [-0.05, 0) is 35.9 Å². The van der Waals surface area contributed by atoms with Crippen molar-refractivity contribution in [1.29, 1.82) is 0 Å². The lowest BCUT2D eigenvalue weighted by atomic mass is 9.75. The van der Waals surface area contributed by atoms with Gasteiger partial charge in [0.05, 0.1) is 5.69 Å². The van der Waals surface area contributed by atoms with Crippen LogP contribution in [-0.4, -0.2) is 18.0 Å². The Labute approximate surface area is 196 Å². The molecule has 6 heteroatoms. The third kappa shape index (κ3) is 3.42. The van der Waals surface area contributed by atoms with E-state index in [0.29, 0.717) is 16.9 Å². The molecule has 6 nitrogen and oxygen atoms in total. The van der Waals surface area contributed by atoms with E-state index in [1.807, 2.05) is 0 Å². The van der Waals surface area contributed by atoms with E-state index in [9.17, 15) is 14.4 Å². The summed E-state index contributed by atoms with van der Waals surface area (Å²) in [5.41, 5.74) is -0.883. The number of nitrogens with zero attached hydrogens (tertiary/aromatic N) is 1. The highest BCUT2D eigenvalue weighted by atomic mass is 16.6. The molecule has 1 unspecified atom stereocenters. The summed E-state index contributed by atoms with van der Waals surface area (Å²) in [6.07, 6.45) is -0.908. The molecule has 0 saturated heterocycles. The number of fused-ring (bicyclic) bond motifs is 1. The topological polar surface area (TPSA) is 72.9 Å². The first-order valence-corrected chi connectivity index (χ1v) is 10.7. The molecule has 166 valence electrons. The average Bonchev–Trinajstić information content (AvgIpc) is 3.14. The second kappa shape index (κ2) is 8.67.